The Kier molecular flexibility index (Phi) is 5.20. The molecule has 0 saturated carbocycles. The van der Waals surface area contributed by atoms with Crippen LogP contribution in [0.15, 0.2) is 89.8 Å². The molecule has 6 nitrogen and oxygen atoms in total. The average Bonchev–Trinajstić information content (AvgIpc) is 2.63. The number of hydrogen-bond donors (Lipinski definition) is 2. The topological polar surface area (TPSA) is 109 Å². The quantitative estimate of drug-likeness (QED) is 0.480. The van der Waals surface area contributed by atoms with Crippen molar-refractivity contribution >= 4 is 42.2 Å². The van der Waals surface area contributed by atoms with E-state index in [2.05, 4.69) is 0 Å². The van der Waals surface area contributed by atoms with Crippen LogP contribution in [0.2, 0.25) is 0 Å². The minimum atomic E-state index is -4.71. The van der Waals surface area contributed by atoms with E-state index in [1.54, 1.807) is 60.7 Å². The van der Waals surface area contributed by atoms with E-state index in [1.807, 2.05) is 0 Å². The van der Waals surface area contributed by atoms with Crippen molar-refractivity contribution < 1.29 is 25.9 Å². The Morgan fingerprint density at radius 1 is 0.593 bits per heavy atom. The van der Waals surface area contributed by atoms with Gasteiger partial charge in [0.15, 0.2) is 0 Å². The van der Waals surface area contributed by atoms with Crippen molar-refractivity contribution in [2.45, 2.75) is 4.90 Å². The largest absolute Gasteiger partial charge is 0.395 e. The summed E-state index contributed by atoms with van der Waals surface area (Å²) >= 11 is 0. The lowest BCUT2D eigenvalue weighted by molar-refractivity contribution is 0.483. The summed E-state index contributed by atoms with van der Waals surface area (Å²) in [5, 5.41) is 0.773. The van der Waals surface area contributed by atoms with Crippen molar-refractivity contribution in [1.29, 1.82) is 0 Å². The van der Waals surface area contributed by atoms with Crippen LogP contribution < -0.4 is 15.9 Å². The first-order valence-corrected chi connectivity index (χ1v) is 13.0. The highest BCUT2D eigenvalue weighted by molar-refractivity contribution is 8.62. The second kappa shape index (κ2) is 7.14. The molecule has 2 N–H and O–H groups in total. The van der Waals surface area contributed by atoms with E-state index in [0.29, 0.717) is 10.6 Å². The Balaban J connectivity index is 2.49. The summed E-state index contributed by atoms with van der Waals surface area (Å²) in [5.41, 5.74) is 0. The van der Waals surface area contributed by atoms with Gasteiger partial charge in [-0.1, -0.05) is 42.5 Å². The Labute approximate surface area is 158 Å². The Hall–Kier alpha value is -2.09. The number of benzene rings is 3. The monoisotopic (exact) mass is 423 g/mol. The van der Waals surface area contributed by atoms with Crippen LogP contribution in [-0.2, 0) is 19.9 Å². The minimum absolute atomic E-state index is 0.0949. The molecule has 0 amide bonds. The molecule has 0 radical (unpaired) electrons. The van der Waals surface area contributed by atoms with Gasteiger partial charge < -0.3 is 0 Å². The zero-order chi connectivity index (χ0) is 19.7. The van der Waals surface area contributed by atoms with Gasteiger partial charge in [-0.25, -0.2) is 0 Å². The lowest BCUT2D eigenvalue weighted by Crippen LogP contribution is -2.36. The predicted octanol–water partition coefficient (Wildman–Crippen LogP) is 2.03. The first-order chi connectivity index (χ1) is 12.7. The van der Waals surface area contributed by atoms with Crippen molar-refractivity contribution in [1.82, 2.24) is 0 Å². The van der Waals surface area contributed by atoms with E-state index >= 15 is 0 Å². The van der Waals surface area contributed by atoms with E-state index in [-0.39, 0.29) is 5.30 Å². The molecule has 3 aromatic rings. The molecular formula is C18H16O6PS2+. The third-order valence-electron chi connectivity index (χ3n) is 4.06. The third kappa shape index (κ3) is 3.54. The summed E-state index contributed by atoms with van der Waals surface area (Å²) in [4.78, 5) is -0.445. The van der Waals surface area contributed by atoms with Crippen molar-refractivity contribution in [3.63, 3.8) is 0 Å². The van der Waals surface area contributed by atoms with E-state index in [4.69, 9.17) is 0 Å². The van der Waals surface area contributed by atoms with Gasteiger partial charge in [-0.15, -0.1) is 0 Å². The summed E-state index contributed by atoms with van der Waals surface area (Å²) in [6.45, 7) is -3.68. The second-order valence-corrected chi connectivity index (χ2v) is 13.8. The van der Waals surface area contributed by atoms with E-state index < -0.39 is 31.2 Å². The maximum absolute atomic E-state index is 12.8. The smallest absolute Gasteiger partial charge is 0.282 e. The van der Waals surface area contributed by atoms with Gasteiger partial charge in [0.25, 0.3) is 16.6 Å². The molecule has 0 aliphatic heterocycles. The van der Waals surface area contributed by atoms with Gasteiger partial charge in [0, 0.05) is 6.07 Å². The van der Waals surface area contributed by atoms with Gasteiger partial charge in [0.2, 0.25) is 0 Å². The third-order valence-corrected chi connectivity index (χ3v) is 12.6. The maximum atomic E-state index is 12.8. The van der Waals surface area contributed by atoms with Crippen molar-refractivity contribution in [3.05, 3.63) is 84.9 Å². The lowest BCUT2D eigenvalue weighted by atomic mass is 10.3. The Bertz CT molecular complexity index is 1120. The van der Waals surface area contributed by atoms with Gasteiger partial charge in [0.1, 0.15) is 15.9 Å². The van der Waals surface area contributed by atoms with E-state index in [0.717, 1.165) is 12.1 Å². The number of hydrogen-bond acceptors (Lipinski definition) is 4. The molecule has 0 aromatic heterocycles. The molecule has 3 aromatic carbocycles. The van der Waals surface area contributed by atoms with Crippen LogP contribution >= 0.6 is 6.46 Å². The second-order valence-electron chi connectivity index (χ2n) is 5.70. The predicted molar refractivity (Wildman–Crippen MR) is 107 cm³/mol. The van der Waals surface area contributed by atoms with Crippen LogP contribution in [0.5, 0.6) is 0 Å². The fourth-order valence-electron chi connectivity index (χ4n) is 2.96. The van der Waals surface area contributed by atoms with E-state index in [9.17, 15) is 25.9 Å². The van der Waals surface area contributed by atoms with Crippen LogP contribution in [0, 0.1) is 0 Å². The molecular weight excluding hydrogens is 407 g/mol. The fourth-order valence-corrected chi connectivity index (χ4v) is 10.5. The molecule has 27 heavy (non-hydrogen) atoms. The molecule has 0 aliphatic rings. The molecule has 0 spiro atoms. The standard InChI is InChI=1S/C18H15O6PS2/c19-26(20,21)18-13-7-12-17(14-18)25(27(22,23)24,15-8-3-1-4-9-15)16-10-5-2-6-11-16/h1-14H,(H-,19,20,21,22,23,24)/p+1. The first-order valence-electron chi connectivity index (χ1n) is 7.73. The van der Waals surface area contributed by atoms with Crippen LogP contribution in [0.4, 0.5) is 0 Å². The summed E-state index contributed by atoms with van der Waals surface area (Å²) < 4.78 is 68.6. The summed E-state index contributed by atoms with van der Waals surface area (Å²) in [7, 11) is -9.27. The Morgan fingerprint density at radius 2 is 1.04 bits per heavy atom. The van der Waals surface area contributed by atoms with Gasteiger partial charge in [0.05, 0.1) is 4.90 Å². The lowest BCUT2D eigenvalue weighted by Gasteiger charge is -2.23. The minimum Gasteiger partial charge on any atom is -0.282 e. The van der Waals surface area contributed by atoms with Crippen LogP contribution in [-0.4, -0.2) is 25.9 Å². The van der Waals surface area contributed by atoms with Gasteiger partial charge in [-0.2, -0.15) is 16.8 Å². The SMILES string of the molecule is O=S(=O)(O)c1cccc([P+](c2ccccc2)(c2ccccc2)S(=O)(=O)O)c1. The fraction of sp³-hybridized carbons (Fsp3) is 0. The molecule has 9 heteroatoms. The van der Waals surface area contributed by atoms with Crippen molar-refractivity contribution in [2.24, 2.45) is 0 Å². The molecule has 0 unspecified atom stereocenters. The zero-order valence-electron chi connectivity index (χ0n) is 13.9. The molecule has 0 bridgehead atoms. The highest BCUT2D eigenvalue weighted by atomic mass is 32.8. The van der Waals surface area contributed by atoms with Crippen LogP contribution in [0.1, 0.15) is 0 Å². The molecule has 0 atom stereocenters. The molecule has 0 fully saturated rings. The van der Waals surface area contributed by atoms with Gasteiger partial charge >= 0.3 is 9.74 Å². The molecule has 0 heterocycles. The van der Waals surface area contributed by atoms with Gasteiger partial charge in [-0.05, 0) is 36.4 Å². The highest BCUT2D eigenvalue weighted by Crippen LogP contribution is 2.60. The molecule has 3 rings (SSSR count). The summed E-state index contributed by atoms with van der Waals surface area (Å²) in [5.74, 6) is 0. The Morgan fingerprint density at radius 3 is 1.44 bits per heavy atom. The summed E-state index contributed by atoms with van der Waals surface area (Å²) in [6, 6.07) is 21.3. The van der Waals surface area contributed by atoms with Crippen LogP contribution in [0.3, 0.4) is 0 Å². The number of rotatable bonds is 5. The van der Waals surface area contributed by atoms with Gasteiger partial charge in [-0.3, -0.25) is 9.11 Å². The molecule has 0 aliphatic carbocycles. The van der Waals surface area contributed by atoms with Crippen molar-refractivity contribution in [2.75, 3.05) is 0 Å². The maximum Gasteiger partial charge on any atom is 0.395 e. The van der Waals surface area contributed by atoms with Crippen molar-refractivity contribution in [3.8, 4) is 0 Å². The molecule has 140 valence electrons. The average molecular weight is 423 g/mol. The molecule has 0 saturated heterocycles. The first kappa shape index (κ1) is 19.7. The van der Waals surface area contributed by atoms with Crippen LogP contribution in [0.25, 0.3) is 0 Å². The highest BCUT2D eigenvalue weighted by Gasteiger charge is 2.58. The zero-order valence-corrected chi connectivity index (χ0v) is 16.4. The van der Waals surface area contributed by atoms with E-state index in [1.165, 1.54) is 12.1 Å². The normalized spacial score (nSPS) is 12.7. The summed E-state index contributed by atoms with van der Waals surface area (Å²) in [6.07, 6.45) is 0.